The van der Waals surface area contributed by atoms with Gasteiger partial charge in [0, 0.05) is 18.3 Å². The average molecular weight is 490 g/mol. The van der Waals surface area contributed by atoms with Gasteiger partial charge in [-0.1, -0.05) is 18.2 Å². The van der Waals surface area contributed by atoms with Gasteiger partial charge in [0.25, 0.3) is 0 Å². The number of hydrogen-bond donors (Lipinski definition) is 1. The summed E-state index contributed by atoms with van der Waals surface area (Å²) in [6.07, 6.45) is 8.92. The second-order valence-corrected chi connectivity index (χ2v) is 11.4. The van der Waals surface area contributed by atoms with Crippen LogP contribution in [0.3, 0.4) is 0 Å². The van der Waals surface area contributed by atoms with Crippen LogP contribution in [0.15, 0.2) is 42.6 Å². The average Bonchev–Trinajstić information content (AvgIpc) is 3.20. The van der Waals surface area contributed by atoms with Crippen LogP contribution >= 0.6 is 0 Å². The van der Waals surface area contributed by atoms with Crippen molar-refractivity contribution in [3.05, 3.63) is 59.7 Å². The minimum absolute atomic E-state index is 0.154. The Bertz CT molecular complexity index is 1210. The van der Waals surface area contributed by atoms with Crippen molar-refractivity contribution < 1.29 is 9.53 Å². The number of nitrogens with one attached hydrogen (secondary N) is 1. The number of pyridine rings is 1. The number of ether oxygens (including phenoxy) is 1. The SMILES string of the molecule is CN(Cc1nc2ccccc2n1C1CCC(NC(=O)OC(C)(C)C)CC1)C1CCCc2cccnc21. The lowest BCUT2D eigenvalue weighted by Gasteiger charge is -2.34. The second kappa shape index (κ2) is 10.2. The fraction of sp³-hybridized carbons (Fsp3) is 0.552. The van der Waals surface area contributed by atoms with Gasteiger partial charge < -0.3 is 14.6 Å². The van der Waals surface area contributed by atoms with Crippen molar-refractivity contribution in [2.75, 3.05) is 7.05 Å². The van der Waals surface area contributed by atoms with Crippen LogP contribution in [0.2, 0.25) is 0 Å². The first-order valence-corrected chi connectivity index (χ1v) is 13.4. The van der Waals surface area contributed by atoms with E-state index in [0.717, 1.165) is 56.4 Å². The lowest BCUT2D eigenvalue weighted by Crippen LogP contribution is -2.41. The number of para-hydroxylation sites is 2. The highest BCUT2D eigenvalue weighted by Crippen LogP contribution is 2.36. The van der Waals surface area contributed by atoms with E-state index in [1.54, 1.807) is 0 Å². The first-order chi connectivity index (χ1) is 17.3. The van der Waals surface area contributed by atoms with Gasteiger partial charge in [-0.25, -0.2) is 9.78 Å². The van der Waals surface area contributed by atoms with Crippen LogP contribution in [-0.2, 0) is 17.7 Å². The molecule has 2 heterocycles. The molecule has 1 amide bonds. The molecule has 1 saturated carbocycles. The monoisotopic (exact) mass is 489 g/mol. The van der Waals surface area contributed by atoms with Crippen LogP contribution in [0.4, 0.5) is 4.79 Å². The first-order valence-electron chi connectivity index (χ1n) is 13.4. The number of nitrogens with zero attached hydrogens (tertiary/aromatic N) is 4. The molecule has 1 N–H and O–H groups in total. The van der Waals surface area contributed by atoms with Crippen LogP contribution in [0.5, 0.6) is 0 Å². The number of aromatic nitrogens is 3. The minimum Gasteiger partial charge on any atom is -0.444 e. The Balaban J connectivity index is 1.33. The van der Waals surface area contributed by atoms with Gasteiger partial charge in [0.2, 0.25) is 0 Å². The van der Waals surface area contributed by atoms with E-state index in [9.17, 15) is 4.79 Å². The summed E-state index contributed by atoms with van der Waals surface area (Å²) in [5.74, 6) is 1.12. The smallest absolute Gasteiger partial charge is 0.407 e. The molecule has 36 heavy (non-hydrogen) atoms. The summed E-state index contributed by atoms with van der Waals surface area (Å²) < 4.78 is 7.94. The standard InChI is InChI=1S/C29H39N5O2/c1-29(2,3)36-28(35)31-21-14-16-22(17-15-21)34-24-12-6-5-11-23(24)32-26(34)19-33(4)25-13-7-9-20-10-8-18-30-27(20)25/h5-6,8,10-12,18,21-22,25H,7,9,13-17,19H2,1-4H3,(H,31,35). The maximum atomic E-state index is 12.3. The second-order valence-electron chi connectivity index (χ2n) is 11.4. The quantitative estimate of drug-likeness (QED) is 0.480. The van der Waals surface area contributed by atoms with E-state index in [2.05, 4.69) is 58.2 Å². The number of alkyl carbamates (subject to hydrolysis) is 1. The third-order valence-electron chi connectivity index (χ3n) is 7.54. The molecule has 0 aliphatic heterocycles. The molecule has 0 radical (unpaired) electrons. The molecule has 5 rings (SSSR count). The highest BCUT2D eigenvalue weighted by atomic mass is 16.6. The van der Waals surface area contributed by atoms with Gasteiger partial charge >= 0.3 is 6.09 Å². The summed E-state index contributed by atoms with van der Waals surface area (Å²) in [4.78, 5) is 24.6. The van der Waals surface area contributed by atoms with E-state index in [-0.39, 0.29) is 12.1 Å². The van der Waals surface area contributed by atoms with E-state index in [1.807, 2.05) is 27.0 Å². The lowest BCUT2D eigenvalue weighted by atomic mass is 9.90. The third kappa shape index (κ3) is 5.41. The maximum Gasteiger partial charge on any atom is 0.407 e. The predicted molar refractivity (Wildman–Crippen MR) is 142 cm³/mol. The first kappa shape index (κ1) is 24.8. The Morgan fingerprint density at radius 3 is 2.67 bits per heavy atom. The van der Waals surface area contributed by atoms with Crippen LogP contribution in [-0.4, -0.2) is 44.2 Å². The number of carbonyl (C=O) groups is 1. The molecule has 0 spiro atoms. The van der Waals surface area contributed by atoms with Crippen LogP contribution < -0.4 is 5.32 Å². The van der Waals surface area contributed by atoms with Gasteiger partial charge in [-0.2, -0.15) is 0 Å². The summed E-state index contributed by atoms with van der Waals surface area (Å²) in [6.45, 7) is 6.47. The highest BCUT2D eigenvalue weighted by Gasteiger charge is 2.30. The molecule has 0 saturated heterocycles. The predicted octanol–water partition coefficient (Wildman–Crippen LogP) is 5.95. The largest absolute Gasteiger partial charge is 0.444 e. The highest BCUT2D eigenvalue weighted by molar-refractivity contribution is 5.76. The van der Waals surface area contributed by atoms with Crippen molar-refractivity contribution in [1.29, 1.82) is 0 Å². The molecule has 2 aromatic heterocycles. The number of aryl methyl sites for hydroxylation is 1. The topological polar surface area (TPSA) is 72.3 Å². The van der Waals surface area contributed by atoms with Gasteiger partial charge in [0.1, 0.15) is 11.4 Å². The van der Waals surface area contributed by atoms with E-state index in [0.29, 0.717) is 12.1 Å². The van der Waals surface area contributed by atoms with E-state index < -0.39 is 5.60 Å². The summed E-state index contributed by atoms with van der Waals surface area (Å²) in [5.41, 5.74) is 4.38. The molecule has 7 nitrogen and oxygen atoms in total. The summed E-state index contributed by atoms with van der Waals surface area (Å²) >= 11 is 0. The number of amides is 1. The molecular formula is C29H39N5O2. The Morgan fingerprint density at radius 1 is 1.11 bits per heavy atom. The van der Waals surface area contributed by atoms with Crippen LogP contribution in [0.25, 0.3) is 11.0 Å². The van der Waals surface area contributed by atoms with Gasteiger partial charge in [-0.15, -0.1) is 0 Å². The van der Waals surface area contributed by atoms with E-state index in [4.69, 9.17) is 14.7 Å². The number of imidazole rings is 1. The number of benzene rings is 1. The number of carbonyl (C=O) groups excluding carboxylic acids is 1. The van der Waals surface area contributed by atoms with Crippen molar-refractivity contribution in [3.63, 3.8) is 0 Å². The molecule has 1 aromatic carbocycles. The van der Waals surface area contributed by atoms with Gasteiger partial charge in [-0.3, -0.25) is 9.88 Å². The summed E-state index contributed by atoms with van der Waals surface area (Å²) in [6, 6.07) is 13.6. The van der Waals surface area contributed by atoms with E-state index in [1.165, 1.54) is 23.2 Å². The summed E-state index contributed by atoms with van der Waals surface area (Å²) in [5, 5.41) is 3.08. The Labute approximate surface area is 214 Å². The van der Waals surface area contributed by atoms with E-state index >= 15 is 0 Å². The van der Waals surface area contributed by atoms with Crippen molar-refractivity contribution in [2.24, 2.45) is 0 Å². The fourth-order valence-electron chi connectivity index (χ4n) is 5.91. The Kier molecular flexibility index (Phi) is 7.02. The molecule has 7 heteroatoms. The fourth-order valence-corrected chi connectivity index (χ4v) is 5.91. The van der Waals surface area contributed by atoms with Crippen LogP contribution in [0, 0.1) is 0 Å². The van der Waals surface area contributed by atoms with Crippen molar-refractivity contribution in [2.45, 2.75) is 96.0 Å². The maximum absolute atomic E-state index is 12.3. The summed E-state index contributed by atoms with van der Waals surface area (Å²) in [7, 11) is 2.21. The van der Waals surface area contributed by atoms with Crippen molar-refractivity contribution >= 4 is 17.1 Å². The third-order valence-corrected chi connectivity index (χ3v) is 7.54. The van der Waals surface area contributed by atoms with Crippen molar-refractivity contribution in [3.8, 4) is 0 Å². The van der Waals surface area contributed by atoms with Crippen molar-refractivity contribution in [1.82, 2.24) is 24.8 Å². The molecule has 2 aliphatic carbocycles. The molecular weight excluding hydrogens is 450 g/mol. The number of rotatable bonds is 5. The number of hydrogen-bond acceptors (Lipinski definition) is 5. The molecule has 0 bridgehead atoms. The normalized spacial score (nSPS) is 22.4. The Morgan fingerprint density at radius 2 is 1.89 bits per heavy atom. The molecule has 1 unspecified atom stereocenters. The zero-order valence-corrected chi connectivity index (χ0v) is 22.0. The van der Waals surface area contributed by atoms with Crippen LogP contribution in [0.1, 0.15) is 88.5 Å². The zero-order valence-electron chi connectivity index (χ0n) is 22.0. The molecule has 1 atom stereocenters. The molecule has 192 valence electrons. The molecule has 3 aromatic rings. The minimum atomic E-state index is -0.480. The van der Waals surface area contributed by atoms with Gasteiger partial charge in [0.15, 0.2) is 0 Å². The number of fused-ring (bicyclic) bond motifs is 2. The Hall–Kier alpha value is -2.93. The van der Waals surface area contributed by atoms with Gasteiger partial charge in [0.05, 0.1) is 29.3 Å². The lowest BCUT2D eigenvalue weighted by molar-refractivity contribution is 0.0488. The molecule has 2 aliphatic rings. The van der Waals surface area contributed by atoms with Gasteiger partial charge in [-0.05, 0) is 96.5 Å². The molecule has 1 fully saturated rings. The zero-order chi connectivity index (χ0) is 25.3.